The molecule has 0 radical (unpaired) electrons. The van der Waals surface area contributed by atoms with Crippen molar-refractivity contribution in [3.63, 3.8) is 0 Å². The van der Waals surface area contributed by atoms with E-state index in [9.17, 15) is 4.79 Å². The molecule has 2 aromatic rings. The topological polar surface area (TPSA) is 76.4 Å². The highest BCUT2D eigenvalue weighted by Gasteiger charge is 2.17. The van der Waals surface area contributed by atoms with Crippen molar-refractivity contribution in [1.82, 2.24) is 10.3 Å². The van der Waals surface area contributed by atoms with Gasteiger partial charge in [-0.1, -0.05) is 0 Å². The highest BCUT2D eigenvalue weighted by Crippen LogP contribution is 2.25. The first-order valence-electron chi connectivity index (χ1n) is 6.41. The molecule has 1 saturated heterocycles. The van der Waals surface area contributed by atoms with Crippen LogP contribution in [0.4, 0.5) is 5.13 Å². The lowest BCUT2D eigenvalue weighted by atomic mass is 10.2. The third-order valence-electron chi connectivity index (χ3n) is 2.95. The summed E-state index contributed by atoms with van der Waals surface area (Å²) >= 11 is 1.38. The van der Waals surface area contributed by atoms with Crippen LogP contribution in [0.25, 0.3) is 11.5 Å². The number of furan rings is 1. The average Bonchev–Trinajstić information content (AvgIpc) is 3.10. The molecule has 1 atom stereocenters. The number of amides is 1. The number of rotatable bonds is 4. The predicted molar refractivity (Wildman–Crippen MR) is 82.9 cm³/mol. The third kappa shape index (κ3) is 4.28. The van der Waals surface area contributed by atoms with Gasteiger partial charge in [0.1, 0.15) is 5.69 Å². The van der Waals surface area contributed by atoms with Crippen molar-refractivity contribution in [2.45, 2.75) is 12.5 Å². The van der Waals surface area contributed by atoms with Crippen LogP contribution in [-0.2, 0) is 9.53 Å². The van der Waals surface area contributed by atoms with Crippen molar-refractivity contribution in [1.29, 1.82) is 0 Å². The minimum atomic E-state index is -0.0617. The molecule has 1 fully saturated rings. The van der Waals surface area contributed by atoms with Crippen molar-refractivity contribution >= 4 is 34.8 Å². The molecule has 1 amide bonds. The maximum Gasteiger partial charge on any atom is 0.227 e. The Hall–Kier alpha value is -1.41. The SMILES string of the molecule is Cl.O=C(CC1COCCN1)Nc1nc(-c2ccco2)cs1. The van der Waals surface area contributed by atoms with Gasteiger partial charge in [0.15, 0.2) is 10.9 Å². The molecular formula is C13H16ClN3O3S. The molecule has 114 valence electrons. The Labute approximate surface area is 132 Å². The van der Waals surface area contributed by atoms with Crippen molar-refractivity contribution in [3.8, 4) is 11.5 Å². The van der Waals surface area contributed by atoms with E-state index in [1.807, 2.05) is 17.5 Å². The van der Waals surface area contributed by atoms with Gasteiger partial charge >= 0.3 is 0 Å². The smallest absolute Gasteiger partial charge is 0.227 e. The molecule has 0 aliphatic carbocycles. The zero-order valence-corrected chi connectivity index (χ0v) is 12.8. The van der Waals surface area contributed by atoms with Crippen molar-refractivity contribution in [3.05, 3.63) is 23.8 Å². The fraction of sp³-hybridized carbons (Fsp3) is 0.385. The highest BCUT2D eigenvalue weighted by atomic mass is 35.5. The van der Waals surface area contributed by atoms with E-state index in [0.29, 0.717) is 30.5 Å². The zero-order valence-electron chi connectivity index (χ0n) is 11.2. The number of halogens is 1. The lowest BCUT2D eigenvalue weighted by Crippen LogP contribution is -2.43. The Bertz CT molecular complexity index is 567. The Kier molecular flexibility index (Phi) is 5.75. The van der Waals surface area contributed by atoms with Crippen LogP contribution in [0, 0.1) is 0 Å². The molecule has 0 saturated carbocycles. The van der Waals surface area contributed by atoms with Crippen LogP contribution >= 0.6 is 23.7 Å². The number of carbonyl (C=O) groups is 1. The molecular weight excluding hydrogens is 314 g/mol. The number of nitrogens with zero attached hydrogens (tertiary/aromatic N) is 1. The average molecular weight is 330 g/mol. The van der Waals surface area contributed by atoms with E-state index in [2.05, 4.69) is 15.6 Å². The second kappa shape index (κ2) is 7.56. The number of nitrogens with one attached hydrogen (secondary N) is 2. The van der Waals surface area contributed by atoms with Gasteiger partial charge in [-0.05, 0) is 12.1 Å². The second-order valence-electron chi connectivity index (χ2n) is 4.49. The summed E-state index contributed by atoms with van der Waals surface area (Å²) in [5.74, 6) is 0.637. The minimum Gasteiger partial charge on any atom is -0.463 e. The maximum atomic E-state index is 11.9. The minimum absolute atomic E-state index is 0. The Morgan fingerprint density at radius 2 is 2.48 bits per heavy atom. The summed E-state index contributed by atoms with van der Waals surface area (Å²) in [5, 5.41) is 8.49. The second-order valence-corrected chi connectivity index (χ2v) is 5.35. The molecule has 1 aliphatic heterocycles. The third-order valence-corrected chi connectivity index (χ3v) is 3.71. The van der Waals surface area contributed by atoms with E-state index >= 15 is 0 Å². The number of carbonyl (C=O) groups excluding carboxylic acids is 1. The summed E-state index contributed by atoms with van der Waals surface area (Å²) < 4.78 is 10.6. The number of ether oxygens (including phenoxy) is 1. The fourth-order valence-electron chi connectivity index (χ4n) is 2.01. The summed E-state index contributed by atoms with van der Waals surface area (Å²) in [6, 6.07) is 3.72. The zero-order chi connectivity index (χ0) is 13.8. The van der Waals surface area contributed by atoms with Crippen LogP contribution in [0.15, 0.2) is 28.2 Å². The first-order chi connectivity index (χ1) is 9.81. The number of hydrogen-bond donors (Lipinski definition) is 2. The molecule has 2 N–H and O–H groups in total. The van der Waals surface area contributed by atoms with Gasteiger partial charge in [-0.15, -0.1) is 23.7 Å². The molecule has 0 aromatic carbocycles. The summed E-state index contributed by atoms with van der Waals surface area (Å²) in [6.45, 7) is 2.07. The van der Waals surface area contributed by atoms with E-state index in [0.717, 1.165) is 12.2 Å². The monoisotopic (exact) mass is 329 g/mol. The van der Waals surface area contributed by atoms with Crippen LogP contribution in [0.1, 0.15) is 6.42 Å². The van der Waals surface area contributed by atoms with Gasteiger partial charge in [0, 0.05) is 24.4 Å². The molecule has 1 unspecified atom stereocenters. The lowest BCUT2D eigenvalue weighted by molar-refractivity contribution is -0.117. The molecule has 8 heteroatoms. The maximum absolute atomic E-state index is 11.9. The van der Waals surface area contributed by atoms with Gasteiger partial charge in [0.25, 0.3) is 0 Å². The normalized spacial score (nSPS) is 18.0. The largest absolute Gasteiger partial charge is 0.463 e. The standard InChI is InChI=1S/C13H15N3O3S.ClH/c17-12(6-9-7-18-5-3-14-9)16-13-15-10(8-20-13)11-2-1-4-19-11;/h1-2,4,8-9,14H,3,5-7H2,(H,15,16,17);1H. The molecule has 21 heavy (non-hydrogen) atoms. The van der Waals surface area contributed by atoms with E-state index in [4.69, 9.17) is 9.15 Å². The van der Waals surface area contributed by atoms with Crippen molar-refractivity contribution in [2.75, 3.05) is 25.1 Å². The fourth-order valence-corrected chi connectivity index (χ4v) is 2.73. The van der Waals surface area contributed by atoms with E-state index < -0.39 is 0 Å². The molecule has 0 bridgehead atoms. The molecule has 3 heterocycles. The molecule has 0 spiro atoms. The lowest BCUT2D eigenvalue weighted by Gasteiger charge is -2.22. The number of aromatic nitrogens is 1. The van der Waals surface area contributed by atoms with Gasteiger partial charge in [-0.2, -0.15) is 0 Å². The number of hydrogen-bond acceptors (Lipinski definition) is 6. The number of thiazole rings is 1. The first kappa shape index (κ1) is 16.0. The van der Waals surface area contributed by atoms with Crippen LogP contribution in [0.3, 0.4) is 0 Å². The molecule has 2 aromatic heterocycles. The van der Waals surface area contributed by atoms with Crippen molar-refractivity contribution < 1.29 is 13.9 Å². The van der Waals surface area contributed by atoms with E-state index in [1.54, 1.807) is 6.26 Å². The van der Waals surface area contributed by atoms with Crippen LogP contribution in [0.5, 0.6) is 0 Å². The van der Waals surface area contributed by atoms with E-state index in [1.165, 1.54) is 11.3 Å². The summed E-state index contributed by atoms with van der Waals surface area (Å²) in [5.41, 5.74) is 0.731. The summed E-state index contributed by atoms with van der Waals surface area (Å²) in [7, 11) is 0. The summed E-state index contributed by atoms with van der Waals surface area (Å²) in [6.07, 6.45) is 1.98. The number of anilines is 1. The van der Waals surface area contributed by atoms with Crippen molar-refractivity contribution in [2.24, 2.45) is 0 Å². The highest BCUT2D eigenvalue weighted by molar-refractivity contribution is 7.14. The first-order valence-corrected chi connectivity index (χ1v) is 7.29. The number of morpholine rings is 1. The van der Waals surface area contributed by atoms with Gasteiger partial charge in [-0.3, -0.25) is 4.79 Å². The van der Waals surface area contributed by atoms with Gasteiger partial charge in [-0.25, -0.2) is 4.98 Å². The van der Waals surface area contributed by atoms with Crippen LogP contribution in [-0.4, -0.2) is 36.7 Å². The molecule has 6 nitrogen and oxygen atoms in total. The van der Waals surface area contributed by atoms with Gasteiger partial charge in [0.2, 0.25) is 5.91 Å². The predicted octanol–water partition coefficient (Wildman–Crippen LogP) is 2.14. The Morgan fingerprint density at radius 1 is 1.57 bits per heavy atom. The summed E-state index contributed by atoms with van der Waals surface area (Å²) in [4.78, 5) is 16.2. The van der Waals surface area contributed by atoms with Gasteiger partial charge in [0.05, 0.1) is 19.5 Å². The quantitative estimate of drug-likeness (QED) is 0.898. The molecule has 1 aliphatic rings. The molecule has 3 rings (SSSR count). The van der Waals surface area contributed by atoms with Gasteiger partial charge < -0.3 is 19.8 Å². The Balaban J connectivity index is 0.00000161. The van der Waals surface area contributed by atoms with E-state index in [-0.39, 0.29) is 24.4 Å². The van der Waals surface area contributed by atoms with Crippen LogP contribution in [0.2, 0.25) is 0 Å². The Morgan fingerprint density at radius 3 is 3.19 bits per heavy atom. The van der Waals surface area contributed by atoms with Crippen LogP contribution < -0.4 is 10.6 Å².